The van der Waals surface area contributed by atoms with Gasteiger partial charge in [-0.2, -0.15) is 0 Å². The molecular weight excluding hydrogens is 533 g/mol. The van der Waals surface area contributed by atoms with Crippen molar-refractivity contribution in [2.24, 2.45) is 5.92 Å². The third-order valence-corrected chi connectivity index (χ3v) is 8.25. The van der Waals surface area contributed by atoms with Crippen molar-refractivity contribution in [1.82, 2.24) is 0 Å². The van der Waals surface area contributed by atoms with Gasteiger partial charge in [-0.25, -0.2) is 0 Å². The van der Waals surface area contributed by atoms with E-state index in [9.17, 15) is 0 Å². The highest BCUT2D eigenvalue weighted by Crippen LogP contribution is 2.53. The van der Waals surface area contributed by atoms with Crippen molar-refractivity contribution in [2.75, 3.05) is 12.4 Å². The quantitative estimate of drug-likeness (QED) is 0.317. The molecule has 3 aromatic carbocycles. The molecule has 1 N–H and O–H groups in total. The number of hydrogen-bond donors (Lipinski definition) is 1. The van der Waals surface area contributed by atoms with Crippen molar-refractivity contribution in [1.29, 1.82) is 0 Å². The Bertz CT molecular complexity index is 1290. The molecule has 2 aliphatic rings. The minimum Gasteiger partial charge on any atom is -0.493 e. The van der Waals surface area contributed by atoms with Crippen LogP contribution in [0.3, 0.4) is 0 Å². The SMILES string of the molecule is COc1cc([C@@H]2Nc3c(C)ccc(C)c3[C@@H]3C=CC[C@@H]32)cc(Br)c1OCc1ccc(Cl)c(Cl)c1. The highest BCUT2D eigenvalue weighted by atomic mass is 79.9. The number of allylic oxidation sites excluding steroid dienone is 2. The van der Waals surface area contributed by atoms with Crippen LogP contribution in [0.25, 0.3) is 0 Å². The highest BCUT2D eigenvalue weighted by molar-refractivity contribution is 9.10. The first kappa shape index (κ1) is 23.6. The number of nitrogens with one attached hydrogen (secondary N) is 1. The summed E-state index contributed by atoms with van der Waals surface area (Å²) in [6, 6.07) is 14.4. The number of ether oxygens (including phenoxy) is 2. The number of anilines is 1. The van der Waals surface area contributed by atoms with Gasteiger partial charge in [-0.15, -0.1) is 0 Å². The number of fused-ring (bicyclic) bond motifs is 3. The summed E-state index contributed by atoms with van der Waals surface area (Å²) in [5, 5.41) is 4.92. The van der Waals surface area contributed by atoms with Crippen LogP contribution in [0.15, 0.2) is 59.1 Å². The van der Waals surface area contributed by atoms with Crippen LogP contribution in [0.4, 0.5) is 5.69 Å². The van der Waals surface area contributed by atoms with E-state index >= 15 is 0 Å². The molecule has 1 aliphatic heterocycles. The van der Waals surface area contributed by atoms with Gasteiger partial charge in [-0.1, -0.05) is 53.6 Å². The first-order valence-corrected chi connectivity index (χ1v) is 12.9. The zero-order valence-corrected chi connectivity index (χ0v) is 22.4. The molecular formula is C28H26BrCl2NO2. The Kier molecular flexibility index (Phi) is 6.58. The van der Waals surface area contributed by atoms with Crippen molar-refractivity contribution in [3.8, 4) is 11.5 Å². The van der Waals surface area contributed by atoms with Crippen LogP contribution in [0.1, 0.15) is 46.2 Å². The predicted molar refractivity (Wildman–Crippen MR) is 144 cm³/mol. The van der Waals surface area contributed by atoms with E-state index in [-0.39, 0.29) is 6.04 Å². The molecule has 0 unspecified atom stereocenters. The van der Waals surface area contributed by atoms with Gasteiger partial charge in [0.1, 0.15) is 6.61 Å². The van der Waals surface area contributed by atoms with E-state index in [1.807, 2.05) is 12.1 Å². The molecule has 3 nitrogen and oxygen atoms in total. The fourth-order valence-electron chi connectivity index (χ4n) is 5.22. The molecule has 0 saturated carbocycles. The molecule has 6 heteroatoms. The molecule has 0 fully saturated rings. The van der Waals surface area contributed by atoms with Crippen molar-refractivity contribution in [2.45, 2.75) is 38.8 Å². The number of halogens is 3. The maximum atomic E-state index is 6.16. The smallest absolute Gasteiger partial charge is 0.175 e. The summed E-state index contributed by atoms with van der Waals surface area (Å²) in [6.07, 6.45) is 5.75. The number of aryl methyl sites for hydroxylation is 2. The molecule has 3 aromatic rings. The van der Waals surface area contributed by atoms with Gasteiger partial charge >= 0.3 is 0 Å². The lowest BCUT2D eigenvalue weighted by atomic mass is 9.75. The summed E-state index contributed by atoms with van der Waals surface area (Å²) in [6.45, 7) is 4.74. The van der Waals surface area contributed by atoms with Gasteiger partial charge in [0.2, 0.25) is 0 Å². The minimum absolute atomic E-state index is 0.169. The van der Waals surface area contributed by atoms with E-state index in [0.29, 0.717) is 40.0 Å². The van der Waals surface area contributed by atoms with Gasteiger partial charge in [-0.05, 0) is 94.2 Å². The Morgan fingerprint density at radius 1 is 1.03 bits per heavy atom. The molecule has 0 bridgehead atoms. The topological polar surface area (TPSA) is 30.5 Å². The Morgan fingerprint density at radius 3 is 2.59 bits per heavy atom. The summed E-state index contributed by atoms with van der Waals surface area (Å²) in [7, 11) is 1.68. The third kappa shape index (κ3) is 4.21. The van der Waals surface area contributed by atoms with E-state index < -0.39 is 0 Å². The van der Waals surface area contributed by atoms with Gasteiger partial charge in [0.15, 0.2) is 11.5 Å². The molecule has 0 spiro atoms. The number of methoxy groups -OCH3 is 1. The maximum absolute atomic E-state index is 6.16. The fourth-order valence-corrected chi connectivity index (χ4v) is 6.11. The average Bonchev–Trinajstić information content (AvgIpc) is 3.31. The summed E-state index contributed by atoms with van der Waals surface area (Å²) >= 11 is 15.9. The van der Waals surface area contributed by atoms with Crippen molar-refractivity contribution in [3.05, 3.63) is 97.0 Å². The normalized spacial score (nSPS) is 20.5. The van der Waals surface area contributed by atoms with Crippen molar-refractivity contribution >= 4 is 44.8 Å². The third-order valence-electron chi connectivity index (χ3n) is 6.92. The minimum atomic E-state index is 0.169. The van der Waals surface area contributed by atoms with Gasteiger partial charge in [0.25, 0.3) is 0 Å². The second kappa shape index (κ2) is 9.49. The van der Waals surface area contributed by atoms with Crippen LogP contribution in [0.2, 0.25) is 10.0 Å². The van der Waals surface area contributed by atoms with Crippen LogP contribution in [-0.2, 0) is 6.61 Å². The average molecular weight is 559 g/mol. The first-order valence-electron chi connectivity index (χ1n) is 11.3. The fraction of sp³-hybridized carbons (Fsp3) is 0.286. The molecule has 1 aliphatic carbocycles. The number of rotatable bonds is 5. The van der Waals surface area contributed by atoms with Crippen LogP contribution in [-0.4, -0.2) is 7.11 Å². The molecule has 0 aromatic heterocycles. The van der Waals surface area contributed by atoms with E-state index in [0.717, 1.165) is 16.5 Å². The zero-order valence-electron chi connectivity index (χ0n) is 19.3. The Labute approximate surface area is 219 Å². The highest BCUT2D eigenvalue weighted by Gasteiger charge is 2.39. The summed E-state index contributed by atoms with van der Waals surface area (Å²) < 4.78 is 12.8. The maximum Gasteiger partial charge on any atom is 0.175 e. The Balaban J connectivity index is 1.47. The molecule has 34 heavy (non-hydrogen) atoms. The molecule has 176 valence electrons. The lowest BCUT2D eigenvalue weighted by Gasteiger charge is -2.39. The number of hydrogen-bond acceptors (Lipinski definition) is 3. The largest absolute Gasteiger partial charge is 0.493 e. The first-order chi connectivity index (χ1) is 16.4. The Morgan fingerprint density at radius 2 is 1.82 bits per heavy atom. The molecule has 3 atom stereocenters. The monoisotopic (exact) mass is 557 g/mol. The molecule has 1 heterocycles. The van der Waals surface area contributed by atoms with E-state index in [2.05, 4.69) is 71.5 Å². The van der Waals surface area contributed by atoms with Crippen LogP contribution in [0, 0.1) is 19.8 Å². The van der Waals surface area contributed by atoms with Crippen LogP contribution >= 0.6 is 39.1 Å². The van der Waals surface area contributed by atoms with Gasteiger partial charge in [0, 0.05) is 11.6 Å². The van der Waals surface area contributed by atoms with Crippen molar-refractivity contribution in [3.63, 3.8) is 0 Å². The molecule has 0 amide bonds. The summed E-state index contributed by atoms with van der Waals surface area (Å²) in [5.74, 6) is 2.23. The van der Waals surface area contributed by atoms with E-state index in [4.69, 9.17) is 32.7 Å². The standard InChI is InChI=1S/C28H26BrCl2NO2/c1-15-7-8-16(2)26-25(15)19-5-4-6-20(19)27(32-26)18-12-21(29)28(24(13-18)33-3)34-14-17-9-10-22(30)23(31)11-17/h4-5,7-13,19-20,27,32H,6,14H2,1-3H3/t19-,20+,27+/m1/s1. The van der Waals surface area contributed by atoms with E-state index in [1.54, 1.807) is 13.2 Å². The molecule has 0 radical (unpaired) electrons. The Hall–Kier alpha value is -2.14. The second-order valence-electron chi connectivity index (χ2n) is 9.03. The molecule has 5 rings (SSSR count). The van der Waals surface area contributed by atoms with Crippen LogP contribution < -0.4 is 14.8 Å². The second-order valence-corrected chi connectivity index (χ2v) is 10.7. The van der Waals surface area contributed by atoms with Gasteiger partial charge < -0.3 is 14.8 Å². The van der Waals surface area contributed by atoms with Gasteiger partial charge in [-0.3, -0.25) is 0 Å². The van der Waals surface area contributed by atoms with E-state index in [1.165, 1.54) is 27.9 Å². The summed E-state index contributed by atoms with van der Waals surface area (Å²) in [4.78, 5) is 0. The predicted octanol–water partition coefficient (Wildman–Crippen LogP) is 8.79. The van der Waals surface area contributed by atoms with Gasteiger partial charge in [0.05, 0.1) is 27.7 Å². The van der Waals surface area contributed by atoms with Crippen LogP contribution in [0.5, 0.6) is 11.5 Å². The zero-order chi connectivity index (χ0) is 24.0. The number of benzene rings is 3. The lowest BCUT2D eigenvalue weighted by Crippen LogP contribution is -2.30. The lowest BCUT2D eigenvalue weighted by molar-refractivity contribution is 0.282. The summed E-state index contributed by atoms with van der Waals surface area (Å²) in [5.41, 5.74) is 7.42. The van der Waals surface area contributed by atoms with Crippen molar-refractivity contribution < 1.29 is 9.47 Å². The molecule has 0 saturated heterocycles.